The predicted molar refractivity (Wildman–Crippen MR) is 44.4 cm³/mol. The lowest BCUT2D eigenvalue weighted by molar-refractivity contribution is 0.257. The third kappa shape index (κ3) is 2.56. The van der Waals surface area contributed by atoms with Crippen molar-refractivity contribution in [3.63, 3.8) is 0 Å². The van der Waals surface area contributed by atoms with Crippen molar-refractivity contribution < 1.29 is 13.6 Å². The molecule has 5 heteroatoms. The third-order valence-electron chi connectivity index (χ3n) is 1.56. The Morgan fingerprint density at radius 3 is 1.73 bits per heavy atom. The predicted octanol–water partition coefficient (Wildman–Crippen LogP) is 1.41. The van der Waals surface area contributed by atoms with Crippen LogP contribution in [0.5, 0.6) is 0 Å². The summed E-state index contributed by atoms with van der Waals surface area (Å²) in [5.74, 6) is -0.460. The summed E-state index contributed by atoms with van der Waals surface area (Å²) >= 11 is 0. The van der Waals surface area contributed by atoms with E-state index in [4.69, 9.17) is 14.8 Å². The molecule has 0 aliphatic carbocycles. The SMILES string of the molecule is COP(=O)(OC)[C@@H](N)C(C)C. The van der Waals surface area contributed by atoms with E-state index >= 15 is 0 Å². The van der Waals surface area contributed by atoms with Gasteiger partial charge in [-0.3, -0.25) is 4.57 Å². The molecule has 68 valence electrons. The van der Waals surface area contributed by atoms with Gasteiger partial charge in [0.25, 0.3) is 0 Å². The lowest BCUT2D eigenvalue weighted by atomic mass is 10.2. The van der Waals surface area contributed by atoms with Gasteiger partial charge in [-0.2, -0.15) is 0 Å². The molecule has 0 saturated carbocycles. The molecule has 0 aliphatic rings. The van der Waals surface area contributed by atoms with Crippen molar-refractivity contribution in [2.24, 2.45) is 11.7 Å². The molecule has 0 aromatic rings. The zero-order valence-corrected chi connectivity index (χ0v) is 8.30. The van der Waals surface area contributed by atoms with Crippen molar-refractivity contribution in [2.45, 2.75) is 19.6 Å². The minimum atomic E-state index is -3.05. The van der Waals surface area contributed by atoms with E-state index in [9.17, 15) is 4.57 Å². The number of nitrogens with two attached hydrogens (primary N) is 1. The minimum absolute atomic E-state index is 0.0840. The zero-order valence-electron chi connectivity index (χ0n) is 7.40. The molecule has 1 atom stereocenters. The van der Waals surface area contributed by atoms with Gasteiger partial charge in [0.2, 0.25) is 0 Å². The average molecular weight is 181 g/mol. The van der Waals surface area contributed by atoms with E-state index in [0.29, 0.717) is 0 Å². The third-order valence-corrected chi connectivity index (χ3v) is 3.90. The standard InChI is InChI=1S/C6H16NO3P/c1-5(2)6(7)11(8,9-3)10-4/h5-6H,7H2,1-4H3/t6-/m1/s1. The maximum Gasteiger partial charge on any atom is 0.346 e. The van der Waals surface area contributed by atoms with Gasteiger partial charge in [0, 0.05) is 14.2 Å². The smallest absolute Gasteiger partial charge is 0.317 e. The summed E-state index contributed by atoms with van der Waals surface area (Å²) in [5, 5.41) is 0. The van der Waals surface area contributed by atoms with Crippen LogP contribution in [0.3, 0.4) is 0 Å². The van der Waals surface area contributed by atoms with Crippen molar-refractivity contribution in [1.82, 2.24) is 0 Å². The Kier molecular flexibility index (Phi) is 4.26. The van der Waals surface area contributed by atoms with Gasteiger partial charge >= 0.3 is 7.60 Å². The second kappa shape index (κ2) is 4.21. The molecule has 0 unspecified atom stereocenters. The van der Waals surface area contributed by atoms with E-state index in [0.717, 1.165) is 0 Å². The first-order valence-electron chi connectivity index (χ1n) is 3.44. The molecule has 0 aliphatic heterocycles. The lowest BCUT2D eigenvalue weighted by Crippen LogP contribution is -2.27. The Balaban J connectivity index is 4.38. The van der Waals surface area contributed by atoms with E-state index in [1.807, 2.05) is 13.8 Å². The summed E-state index contributed by atoms with van der Waals surface area (Å²) in [4.78, 5) is 0. The largest absolute Gasteiger partial charge is 0.346 e. The first kappa shape index (κ1) is 11.1. The Bertz CT molecular complexity index is 152. The van der Waals surface area contributed by atoms with Gasteiger partial charge in [-0.05, 0) is 5.92 Å². The molecule has 11 heavy (non-hydrogen) atoms. The Morgan fingerprint density at radius 2 is 1.64 bits per heavy atom. The molecule has 0 heterocycles. The van der Waals surface area contributed by atoms with Gasteiger partial charge in [0.15, 0.2) is 0 Å². The minimum Gasteiger partial charge on any atom is -0.317 e. The van der Waals surface area contributed by atoms with Crippen LogP contribution >= 0.6 is 7.60 Å². The first-order chi connectivity index (χ1) is 4.98. The molecular weight excluding hydrogens is 165 g/mol. The fraction of sp³-hybridized carbons (Fsp3) is 1.00. The normalized spacial score (nSPS) is 15.5. The monoisotopic (exact) mass is 181 g/mol. The molecule has 0 amide bonds. The number of rotatable bonds is 4. The molecule has 0 radical (unpaired) electrons. The summed E-state index contributed by atoms with van der Waals surface area (Å²) in [6, 6.07) is 0. The van der Waals surface area contributed by atoms with Crippen LogP contribution in [0.4, 0.5) is 0 Å². The van der Waals surface area contributed by atoms with E-state index in [-0.39, 0.29) is 5.92 Å². The van der Waals surface area contributed by atoms with Gasteiger partial charge in [-0.1, -0.05) is 13.8 Å². The highest BCUT2D eigenvalue weighted by atomic mass is 31.2. The van der Waals surface area contributed by atoms with Crippen LogP contribution < -0.4 is 5.73 Å². The maximum atomic E-state index is 11.5. The van der Waals surface area contributed by atoms with Crippen molar-refractivity contribution >= 4 is 7.60 Å². The molecule has 2 N–H and O–H groups in total. The fourth-order valence-electron chi connectivity index (χ4n) is 0.683. The highest BCUT2D eigenvalue weighted by Crippen LogP contribution is 2.51. The molecule has 0 aromatic carbocycles. The van der Waals surface area contributed by atoms with Crippen molar-refractivity contribution in [2.75, 3.05) is 14.2 Å². The second-order valence-corrected chi connectivity index (χ2v) is 5.05. The zero-order chi connectivity index (χ0) is 9.07. The van der Waals surface area contributed by atoms with Crippen LogP contribution in [0.25, 0.3) is 0 Å². The van der Waals surface area contributed by atoms with E-state index in [1.54, 1.807) is 0 Å². The van der Waals surface area contributed by atoms with Gasteiger partial charge in [-0.25, -0.2) is 0 Å². The lowest BCUT2D eigenvalue weighted by Gasteiger charge is -2.23. The van der Waals surface area contributed by atoms with Gasteiger partial charge in [0.1, 0.15) is 5.78 Å². The van der Waals surface area contributed by atoms with Crippen LogP contribution in [-0.2, 0) is 13.6 Å². The molecule has 0 saturated heterocycles. The van der Waals surface area contributed by atoms with Crippen LogP contribution in [0.15, 0.2) is 0 Å². The second-order valence-electron chi connectivity index (χ2n) is 2.64. The average Bonchev–Trinajstić information content (AvgIpc) is 2.01. The van der Waals surface area contributed by atoms with Gasteiger partial charge in [-0.15, -0.1) is 0 Å². The van der Waals surface area contributed by atoms with E-state index < -0.39 is 13.4 Å². The van der Waals surface area contributed by atoms with Gasteiger partial charge in [0.05, 0.1) is 0 Å². The highest BCUT2D eigenvalue weighted by Gasteiger charge is 2.32. The Morgan fingerprint density at radius 1 is 1.27 bits per heavy atom. The summed E-state index contributed by atoms with van der Waals surface area (Å²) in [6.07, 6.45) is 0. The van der Waals surface area contributed by atoms with Gasteiger partial charge < -0.3 is 14.8 Å². The van der Waals surface area contributed by atoms with Crippen molar-refractivity contribution in [1.29, 1.82) is 0 Å². The first-order valence-corrected chi connectivity index (χ1v) is 5.06. The number of hydrogen-bond acceptors (Lipinski definition) is 4. The van der Waals surface area contributed by atoms with E-state index in [1.165, 1.54) is 14.2 Å². The highest BCUT2D eigenvalue weighted by molar-refractivity contribution is 7.54. The van der Waals surface area contributed by atoms with Crippen molar-refractivity contribution in [3.8, 4) is 0 Å². The van der Waals surface area contributed by atoms with E-state index in [2.05, 4.69) is 0 Å². The summed E-state index contributed by atoms with van der Waals surface area (Å²) < 4.78 is 21.0. The summed E-state index contributed by atoms with van der Waals surface area (Å²) in [6.45, 7) is 3.74. The summed E-state index contributed by atoms with van der Waals surface area (Å²) in [7, 11) is -0.371. The maximum absolute atomic E-state index is 11.5. The topological polar surface area (TPSA) is 61.5 Å². The number of hydrogen-bond donors (Lipinski definition) is 1. The molecule has 0 spiro atoms. The summed E-state index contributed by atoms with van der Waals surface area (Å²) in [5.41, 5.74) is 5.60. The molecule has 0 bridgehead atoms. The van der Waals surface area contributed by atoms with Crippen LogP contribution in [-0.4, -0.2) is 20.0 Å². The molecule has 0 aromatic heterocycles. The van der Waals surface area contributed by atoms with Crippen LogP contribution in [0, 0.1) is 5.92 Å². The van der Waals surface area contributed by atoms with Crippen molar-refractivity contribution in [3.05, 3.63) is 0 Å². The quantitative estimate of drug-likeness (QED) is 0.666. The molecule has 0 rings (SSSR count). The van der Waals surface area contributed by atoms with Crippen LogP contribution in [0.2, 0.25) is 0 Å². The van der Waals surface area contributed by atoms with Crippen LogP contribution in [0.1, 0.15) is 13.8 Å². The Hall–Kier alpha value is 0.110. The fourth-order valence-corrected chi connectivity index (χ4v) is 2.05. The molecule has 0 fully saturated rings. The molecule has 4 nitrogen and oxygen atoms in total. The molecular formula is C6H16NO3P. The Labute approximate surface area is 67.6 Å².